The number of hydrogen-bond donors (Lipinski definition) is 1. The van der Waals surface area contributed by atoms with Gasteiger partial charge in [-0.2, -0.15) is 0 Å². The molecule has 1 amide bonds. The van der Waals surface area contributed by atoms with E-state index in [0.717, 1.165) is 10.6 Å². The van der Waals surface area contributed by atoms with Crippen LogP contribution in [0, 0.1) is 13.8 Å². The molecular formula is C18H24FN4O2PS2. The number of benzene rings is 1. The molecule has 1 N–H and O–H groups in total. The Morgan fingerprint density at radius 2 is 2.14 bits per heavy atom. The largest absolute Gasteiger partial charge is 0.367 e. The molecule has 0 bridgehead atoms. The predicted molar refractivity (Wildman–Crippen MR) is 116 cm³/mol. The van der Waals surface area contributed by atoms with Crippen molar-refractivity contribution < 1.29 is 13.4 Å². The number of hydrogen-bond acceptors (Lipinski definition) is 5. The van der Waals surface area contributed by atoms with Crippen LogP contribution in [0.2, 0.25) is 0 Å². The van der Waals surface area contributed by atoms with E-state index in [-0.39, 0.29) is 12.5 Å². The number of carbonyl (C=O) groups is 1. The van der Waals surface area contributed by atoms with Crippen molar-refractivity contribution >= 4 is 48.3 Å². The molecule has 2 heterocycles. The highest BCUT2D eigenvalue weighted by atomic mass is 32.2. The van der Waals surface area contributed by atoms with Gasteiger partial charge in [-0.15, -0.1) is 11.3 Å². The van der Waals surface area contributed by atoms with Crippen LogP contribution < -0.4 is 10.2 Å². The Hall–Kier alpha value is -1.41. The zero-order valence-corrected chi connectivity index (χ0v) is 19.1. The lowest BCUT2D eigenvalue weighted by Crippen LogP contribution is -2.27. The molecular weight excluding hydrogens is 418 g/mol. The first kappa shape index (κ1) is 21.3. The van der Waals surface area contributed by atoms with Gasteiger partial charge >= 0.3 is 0 Å². The van der Waals surface area contributed by atoms with Crippen LogP contribution in [-0.4, -0.2) is 52.0 Å². The molecule has 1 saturated heterocycles. The molecule has 1 fully saturated rings. The quantitative estimate of drug-likeness (QED) is 0.722. The Kier molecular flexibility index (Phi) is 6.20. The number of carbonyl (C=O) groups excluding carboxylic acids is 1. The molecule has 3 unspecified atom stereocenters. The van der Waals surface area contributed by atoms with Crippen molar-refractivity contribution in [2.24, 2.45) is 0 Å². The molecule has 0 spiro atoms. The summed E-state index contributed by atoms with van der Waals surface area (Å²) in [5.74, 6) is -0.346. The number of aromatic nitrogens is 1. The number of alkyl halides is 1. The van der Waals surface area contributed by atoms with Gasteiger partial charge in [-0.05, 0) is 46.1 Å². The van der Waals surface area contributed by atoms with Crippen LogP contribution in [0.15, 0.2) is 23.1 Å². The molecule has 3 atom stereocenters. The van der Waals surface area contributed by atoms with Crippen molar-refractivity contribution in [3.8, 4) is 0 Å². The van der Waals surface area contributed by atoms with E-state index in [9.17, 15) is 13.4 Å². The third-order valence-electron chi connectivity index (χ3n) is 4.59. The predicted octanol–water partition coefficient (Wildman–Crippen LogP) is 3.35. The summed E-state index contributed by atoms with van der Waals surface area (Å²) in [6.45, 7) is 4.52. The molecule has 0 saturated carbocycles. The zero-order valence-electron chi connectivity index (χ0n) is 16.3. The second kappa shape index (κ2) is 8.14. The third-order valence-corrected chi connectivity index (χ3v) is 7.37. The highest BCUT2D eigenvalue weighted by Gasteiger charge is 2.35. The van der Waals surface area contributed by atoms with Gasteiger partial charge in [0.1, 0.15) is 16.4 Å². The van der Waals surface area contributed by atoms with Gasteiger partial charge in [-0.25, -0.2) is 17.9 Å². The van der Waals surface area contributed by atoms with Crippen LogP contribution in [0.4, 0.5) is 15.2 Å². The highest BCUT2D eigenvalue weighted by Crippen LogP contribution is 2.37. The first-order valence-electron chi connectivity index (χ1n) is 8.79. The standard InChI is InChI=1S/C18H24FN4O2PS2/c1-11-12(2)27-17(20-11)21-16(24)14-9-13(28(25)22(3)4)5-6-15(14)23-8-7-18(19,26)10-23/h5-6,9H,7-8,10,26H2,1-4H3,(H,20,21,24). The Morgan fingerprint density at radius 1 is 1.43 bits per heavy atom. The highest BCUT2D eigenvalue weighted by molar-refractivity contribution is 7.82. The average Bonchev–Trinajstić information content (AvgIpc) is 3.14. The summed E-state index contributed by atoms with van der Waals surface area (Å²) in [4.78, 5) is 20.8. The van der Waals surface area contributed by atoms with Crippen molar-refractivity contribution in [2.45, 2.75) is 30.6 Å². The van der Waals surface area contributed by atoms with E-state index >= 15 is 0 Å². The van der Waals surface area contributed by atoms with E-state index < -0.39 is 16.4 Å². The van der Waals surface area contributed by atoms with Gasteiger partial charge in [0.2, 0.25) is 0 Å². The lowest BCUT2D eigenvalue weighted by atomic mass is 10.1. The smallest absolute Gasteiger partial charge is 0.259 e. The van der Waals surface area contributed by atoms with E-state index in [1.807, 2.05) is 18.7 Å². The van der Waals surface area contributed by atoms with E-state index in [0.29, 0.717) is 34.2 Å². The van der Waals surface area contributed by atoms with Crippen LogP contribution in [0.1, 0.15) is 27.3 Å². The number of anilines is 2. The number of nitrogens with zero attached hydrogens (tertiary/aromatic N) is 3. The maximum atomic E-state index is 14.3. The second-order valence-electron chi connectivity index (χ2n) is 7.06. The average molecular weight is 443 g/mol. The molecule has 152 valence electrons. The molecule has 3 rings (SSSR count). The summed E-state index contributed by atoms with van der Waals surface area (Å²) in [6, 6.07) is 5.09. The summed E-state index contributed by atoms with van der Waals surface area (Å²) >= 11 is 1.40. The molecule has 0 radical (unpaired) electrons. The maximum absolute atomic E-state index is 14.3. The van der Waals surface area contributed by atoms with Gasteiger partial charge in [0.15, 0.2) is 5.13 Å². The Bertz CT molecular complexity index is 913. The lowest BCUT2D eigenvalue weighted by molar-refractivity contribution is 0.102. The lowest BCUT2D eigenvalue weighted by Gasteiger charge is -2.23. The molecule has 28 heavy (non-hydrogen) atoms. The maximum Gasteiger partial charge on any atom is 0.259 e. The molecule has 2 aromatic rings. The van der Waals surface area contributed by atoms with Crippen LogP contribution in [0.3, 0.4) is 0 Å². The fourth-order valence-electron chi connectivity index (χ4n) is 2.98. The van der Waals surface area contributed by atoms with E-state index in [2.05, 4.69) is 19.5 Å². The summed E-state index contributed by atoms with van der Waals surface area (Å²) in [5, 5.41) is 1.97. The van der Waals surface area contributed by atoms with E-state index in [1.54, 1.807) is 36.6 Å². The second-order valence-corrected chi connectivity index (χ2v) is 11.0. The van der Waals surface area contributed by atoms with Gasteiger partial charge < -0.3 is 4.90 Å². The molecule has 1 aliphatic rings. The molecule has 0 aliphatic carbocycles. The van der Waals surface area contributed by atoms with Gasteiger partial charge in [0, 0.05) is 23.5 Å². The number of nitrogens with one attached hydrogen (secondary N) is 1. The Labute approximate surface area is 173 Å². The number of amides is 1. The summed E-state index contributed by atoms with van der Waals surface area (Å²) in [7, 11) is 4.27. The van der Waals surface area contributed by atoms with Gasteiger partial charge in [-0.1, -0.05) is 9.24 Å². The van der Waals surface area contributed by atoms with Crippen molar-refractivity contribution in [3.63, 3.8) is 0 Å². The SMILES string of the molecule is Cc1nc(NC(=O)c2cc(S(=O)N(C)C)ccc2N2CCC(F)(P)C2)sc1C. The fraction of sp³-hybridized carbons (Fsp3) is 0.444. The normalized spacial score (nSPS) is 20.6. The van der Waals surface area contributed by atoms with E-state index in [4.69, 9.17) is 0 Å². The van der Waals surface area contributed by atoms with Gasteiger partial charge in [0.25, 0.3) is 5.91 Å². The van der Waals surface area contributed by atoms with Crippen LogP contribution in [0.5, 0.6) is 0 Å². The monoisotopic (exact) mass is 442 g/mol. The first-order chi connectivity index (χ1) is 13.1. The third kappa shape index (κ3) is 4.59. The van der Waals surface area contributed by atoms with Crippen molar-refractivity contribution in [3.05, 3.63) is 34.3 Å². The molecule has 1 aromatic carbocycles. The molecule has 1 aromatic heterocycles. The number of thiazole rings is 1. The van der Waals surface area contributed by atoms with Crippen LogP contribution in [0.25, 0.3) is 0 Å². The zero-order chi connectivity index (χ0) is 20.6. The summed E-state index contributed by atoms with van der Waals surface area (Å²) in [5.41, 5.74) is 1.86. The van der Waals surface area contributed by atoms with Crippen molar-refractivity contribution in [1.29, 1.82) is 0 Å². The minimum absolute atomic E-state index is 0.184. The molecule has 1 aliphatic heterocycles. The molecule has 6 nitrogen and oxygen atoms in total. The number of rotatable bonds is 5. The van der Waals surface area contributed by atoms with Crippen LogP contribution >= 0.6 is 20.6 Å². The van der Waals surface area contributed by atoms with Crippen molar-refractivity contribution in [2.75, 3.05) is 37.4 Å². The van der Waals surface area contributed by atoms with Crippen LogP contribution in [-0.2, 0) is 11.0 Å². The molecule has 10 heteroatoms. The Morgan fingerprint density at radius 3 is 2.68 bits per heavy atom. The Balaban J connectivity index is 1.97. The topological polar surface area (TPSA) is 65.5 Å². The van der Waals surface area contributed by atoms with E-state index in [1.165, 1.54) is 11.3 Å². The van der Waals surface area contributed by atoms with Gasteiger partial charge in [-0.3, -0.25) is 10.1 Å². The minimum Gasteiger partial charge on any atom is -0.367 e. The van der Waals surface area contributed by atoms with Crippen molar-refractivity contribution in [1.82, 2.24) is 9.29 Å². The first-order valence-corrected chi connectivity index (χ1v) is 11.3. The summed E-state index contributed by atoms with van der Waals surface area (Å²) < 4.78 is 28.4. The number of aryl methyl sites for hydroxylation is 2. The van der Waals surface area contributed by atoms with Gasteiger partial charge in [0.05, 0.1) is 22.7 Å². The number of halogens is 1. The summed E-state index contributed by atoms with van der Waals surface area (Å²) in [6.07, 6.45) is 0.370. The minimum atomic E-state index is -1.39. The fourth-order valence-corrected chi connectivity index (χ4v) is 4.97.